The fourth-order valence-corrected chi connectivity index (χ4v) is 1.74. The highest BCUT2D eigenvalue weighted by atomic mass is 35.5. The van der Waals surface area contributed by atoms with E-state index in [2.05, 4.69) is 0 Å². The Bertz CT molecular complexity index is 504. The summed E-state index contributed by atoms with van der Waals surface area (Å²) in [4.78, 5) is 11.3. The summed E-state index contributed by atoms with van der Waals surface area (Å²) in [5, 5.41) is 0. The van der Waals surface area contributed by atoms with Gasteiger partial charge in [0.25, 0.3) is 5.91 Å². The van der Waals surface area contributed by atoms with E-state index in [1.54, 1.807) is 4.72 Å². The van der Waals surface area contributed by atoms with Crippen LogP contribution in [0.2, 0.25) is 0 Å². The van der Waals surface area contributed by atoms with Crippen LogP contribution in [0.15, 0.2) is 24.3 Å². The van der Waals surface area contributed by atoms with E-state index >= 15 is 0 Å². The highest BCUT2D eigenvalue weighted by Gasteiger charge is 2.17. The zero-order valence-electron chi connectivity index (χ0n) is 9.59. The molecule has 0 spiro atoms. The number of carbonyl (C=O) groups excluding carboxylic acids is 1. The van der Waals surface area contributed by atoms with E-state index in [9.17, 15) is 17.6 Å². The SMILES string of the molecule is CS(=O)(=O)NC(=O)C(N)Cc1ccc(F)cc1.Cl. The molecule has 0 fully saturated rings. The van der Waals surface area contributed by atoms with Gasteiger partial charge >= 0.3 is 0 Å². The molecule has 0 heterocycles. The van der Waals surface area contributed by atoms with Crippen LogP contribution in [0.5, 0.6) is 0 Å². The van der Waals surface area contributed by atoms with Gasteiger partial charge in [-0.3, -0.25) is 9.52 Å². The van der Waals surface area contributed by atoms with E-state index in [1.165, 1.54) is 24.3 Å². The van der Waals surface area contributed by atoms with E-state index < -0.39 is 22.0 Å². The van der Waals surface area contributed by atoms with Crippen molar-refractivity contribution in [1.82, 2.24) is 4.72 Å². The molecule has 1 aromatic carbocycles. The van der Waals surface area contributed by atoms with Crippen LogP contribution < -0.4 is 10.5 Å². The zero-order chi connectivity index (χ0) is 13.1. The number of hydrogen-bond donors (Lipinski definition) is 2. The Morgan fingerprint density at radius 2 is 1.89 bits per heavy atom. The number of sulfonamides is 1. The molecule has 1 atom stereocenters. The van der Waals surface area contributed by atoms with Crippen molar-refractivity contribution in [3.8, 4) is 0 Å². The molecule has 0 bridgehead atoms. The molecule has 0 aliphatic heterocycles. The van der Waals surface area contributed by atoms with Gasteiger partial charge in [-0.25, -0.2) is 12.8 Å². The fourth-order valence-electron chi connectivity index (χ4n) is 1.23. The maximum atomic E-state index is 12.6. The van der Waals surface area contributed by atoms with Crippen LogP contribution in [-0.2, 0) is 21.2 Å². The van der Waals surface area contributed by atoms with Crippen molar-refractivity contribution in [2.24, 2.45) is 5.73 Å². The number of hydrogen-bond acceptors (Lipinski definition) is 4. The quantitative estimate of drug-likeness (QED) is 0.830. The van der Waals surface area contributed by atoms with Gasteiger partial charge in [0.15, 0.2) is 0 Å². The van der Waals surface area contributed by atoms with E-state index in [-0.39, 0.29) is 24.6 Å². The van der Waals surface area contributed by atoms with E-state index in [0.717, 1.165) is 6.26 Å². The van der Waals surface area contributed by atoms with E-state index in [4.69, 9.17) is 5.73 Å². The molecule has 0 aliphatic carbocycles. The molecule has 8 heteroatoms. The summed E-state index contributed by atoms with van der Waals surface area (Å²) >= 11 is 0. The second-order valence-corrected chi connectivity index (χ2v) is 5.42. The van der Waals surface area contributed by atoms with E-state index in [0.29, 0.717) is 5.56 Å². The third-order valence-electron chi connectivity index (χ3n) is 1.99. The lowest BCUT2D eigenvalue weighted by atomic mass is 10.1. The average Bonchev–Trinajstić information content (AvgIpc) is 2.19. The first-order valence-corrected chi connectivity index (χ1v) is 6.69. The first-order chi connectivity index (χ1) is 7.78. The molecule has 1 unspecified atom stereocenters. The number of carbonyl (C=O) groups is 1. The molecule has 0 saturated heterocycles. The maximum Gasteiger partial charge on any atom is 0.250 e. The van der Waals surface area contributed by atoms with Crippen LogP contribution in [0.1, 0.15) is 5.56 Å². The molecule has 1 amide bonds. The predicted octanol–water partition coefficient (Wildman–Crippen LogP) is 0.193. The number of nitrogens with one attached hydrogen (secondary N) is 1. The van der Waals surface area contributed by atoms with Gasteiger partial charge in [-0.1, -0.05) is 12.1 Å². The fraction of sp³-hybridized carbons (Fsp3) is 0.300. The average molecular weight is 297 g/mol. The summed E-state index contributed by atoms with van der Waals surface area (Å²) in [6.07, 6.45) is 1.01. The smallest absolute Gasteiger partial charge is 0.250 e. The normalized spacial score (nSPS) is 12.4. The number of nitrogens with two attached hydrogens (primary N) is 1. The second kappa shape index (κ2) is 6.67. The van der Waals surface area contributed by atoms with Gasteiger partial charge in [0.1, 0.15) is 5.82 Å². The Hall–Kier alpha value is -1.18. The monoisotopic (exact) mass is 296 g/mol. The summed E-state index contributed by atoms with van der Waals surface area (Å²) in [7, 11) is -3.61. The van der Waals surface area contributed by atoms with Gasteiger partial charge in [0.2, 0.25) is 10.0 Å². The molecule has 0 aromatic heterocycles. The molecule has 1 rings (SSSR count). The lowest BCUT2D eigenvalue weighted by Gasteiger charge is -2.10. The standard InChI is InChI=1S/C10H13FN2O3S.ClH/c1-17(15,16)13-10(14)9(12)6-7-2-4-8(11)5-3-7;/h2-5,9H,6,12H2,1H3,(H,13,14);1H. The zero-order valence-corrected chi connectivity index (χ0v) is 11.2. The molecule has 1 aromatic rings. The lowest BCUT2D eigenvalue weighted by molar-refractivity contribution is -0.120. The summed E-state index contributed by atoms with van der Waals surface area (Å²) in [5.74, 6) is -1.17. The van der Waals surface area contributed by atoms with Gasteiger partial charge in [-0.15, -0.1) is 12.4 Å². The van der Waals surface area contributed by atoms with Crippen LogP contribution in [0.3, 0.4) is 0 Å². The van der Waals surface area contributed by atoms with Crippen molar-refractivity contribution in [3.63, 3.8) is 0 Å². The van der Waals surface area contributed by atoms with E-state index in [1.807, 2.05) is 0 Å². The van der Waals surface area contributed by atoms with Crippen molar-refractivity contribution in [3.05, 3.63) is 35.6 Å². The first kappa shape index (κ1) is 16.8. The van der Waals surface area contributed by atoms with Crippen LogP contribution in [0.25, 0.3) is 0 Å². The Morgan fingerprint density at radius 1 is 1.39 bits per heavy atom. The summed E-state index contributed by atoms with van der Waals surface area (Å²) in [5.41, 5.74) is 6.18. The van der Waals surface area contributed by atoms with Crippen molar-refractivity contribution in [1.29, 1.82) is 0 Å². The number of halogens is 2. The minimum absolute atomic E-state index is 0. The minimum Gasteiger partial charge on any atom is -0.320 e. The Balaban J connectivity index is 0.00000289. The van der Waals surface area contributed by atoms with Crippen LogP contribution in [-0.4, -0.2) is 26.6 Å². The van der Waals surface area contributed by atoms with Crippen LogP contribution in [0, 0.1) is 5.82 Å². The highest BCUT2D eigenvalue weighted by Crippen LogP contribution is 2.05. The molecule has 18 heavy (non-hydrogen) atoms. The highest BCUT2D eigenvalue weighted by molar-refractivity contribution is 7.89. The molecular formula is C10H14ClFN2O3S. The molecule has 0 aliphatic rings. The van der Waals surface area contributed by atoms with Gasteiger partial charge in [0, 0.05) is 0 Å². The predicted molar refractivity (Wildman–Crippen MR) is 68.3 cm³/mol. The number of rotatable bonds is 4. The Morgan fingerprint density at radius 3 is 2.33 bits per heavy atom. The molecular weight excluding hydrogens is 283 g/mol. The minimum atomic E-state index is -3.61. The molecule has 102 valence electrons. The molecule has 5 nitrogen and oxygen atoms in total. The summed E-state index contributed by atoms with van der Waals surface area (Å²) in [6, 6.07) is 4.48. The van der Waals surface area contributed by atoms with Crippen LogP contribution >= 0.6 is 12.4 Å². The van der Waals surface area contributed by atoms with Crippen LogP contribution in [0.4, 0.5) is 4.39 Å². The maximum absolute atomic E-state index is 12.6. The first-order valence-electron chi connectivity index (χ1n) is 4.79. The molecule has 3 N–H and O–H groups in total. The number of amides is 1. The van der Waals surface area contributed by atoms with Crippen molar-refractivity contribution < 1.29 is 17.6 Å². The topological polar surface area (TPSA) is 89.3 Å². The third-order valence-corrected chi connectivity index (χ3v) is 2.56. The lowest BCUT2D eigenvalue weighted by Crippen LogP contribution is -2.44. The second-order valence-electron chi connectivity index (χ2n) is 3.68. The van der Waals surface area contributed by atoms with Crippen molar-refractivity contribution in [2.75, 3.05) is 6.26 Å². The van der Waals surface area contributed by atoms with Gasteiger partial charge in [-0.05, 0) is 24.1 Å². The summed E-state index contributed by atoms with van der Waals surface area (Å²) < 4.78 is 36.0. The third kappa shape index (κ3) is 5.95. The Kier molecular flexibility index (Phi) is 6.23. The molecule has 0 radical (unpaired) electrons. The van der Waals surface area contributed by atoms with Crippen molar-refractivity contribution in [2.45, 2.75) is 12.5 Å². The van der Waals surface area contributed by atoms with Gasteiger partial charge in [0.05, 0.1) is 12.3 Å². The summed E-state index contributed by atoms with van der Waals surface area (Å²) in [6.45, 7) is 0. The van der Waals surface area contributed by atoms with Crippen molar-refractivity contribution >= 4 is 28.3 Å². The number of benzene rings is 1. The van der Waals surface area contributed by atoms with Gasteiger partial charge < -0.3 is 5.73 Å². The largest absolute Gasteiger partial charge is 0.320 e. The Labute approximate surface area is 111 Å². The molecule has 0 saturated carbocycles. The van der Waals surface area contributed by atoms with Gasteiger partial charge in [-0.2, -0.15) is 0 Å².